The number of alkyl carbamates (subject to hydrolysis) is 1. The van der Waals surface area contributed by atoms with E-state index in [4.69, 9.17) is 9.84 Å². The van der Waals surface area contributed by atoms with Gasteiger partial charge in [0, 0.05) is 36.4 Å². The molecule has 7 nitrogen and oxygen atoms in total. The van der Waals surface area contributed by atoms with Gasteiger partial charge in [0.15, 0.2) is 0 Å². The molecule has 2 atom stereocenters. The quantitative estimate of drug-likeness (QED) is 0.617. The topological polar surface area (TPSA) is 95.9 Å². The Morgan fingerprint density at radius 2 is 1.74 bits per heavy atom. The van der Waals surface area contributed by atoms with Crippen LogP contribution < -0.4 is 5.32 Å². The first kappa shape index (κ1) is 24.1. The third-order valence-electron chi connectivity index (χ3n) is 6.46. The minimum absolute atomic E-state index is 0.0254. The second kappa shape index (κ2) is 11.0. The summed E-state index contributed by atoms with van der Waals surface area (Å²) in [6.07, 6.45) is -0.0213. The molecule has 0 aromatic heterocycles. The molecule has 2 N–H and O–H groups in total. The molecule has 34 heavy (non-hydrogen) atoms. The zero-order valence-electron chi connectivity index (χ0n) is 19.2. The standard InChI is InChI=1S/C26H30N2O5S/c1-17-12-13-28(14-15-34-17)25(31)23(10-11-24(29)30)27-26(32)33-16-22-20-8-4-2-6-18(20)19-7-3-5-9-21(19)22/h2-9,17,22-23H,10-16H2,1H3,(H,27,32)(H,29,30). The van der Waals surface area contributed by atoms with Crippen LogP contribution in [0.4, 0.5) is 4.79 Å². The second-order valence-electron chi connectivity index (χ2n) is 8.75. The smallest absolute Gasteiger partial charge is 0.407 e. The molecular weight excluding hydrogens is 452 g/mol. The van der Waals surface area contributed by atoms with Crippen molar-refractivity contribution in [2.24, 2.45) is 0 Å². The van der Waals surface area contributed by atoms with E-state index in [1.54, 1.807) is 4.90 Å². The Hall–Kier alpha value is -3.00. The number of carboxylic acid groups (broad SMARTS) is 1. The van der Waals surface area contributed by atoms with Gasteiger partial charge in [0.05, 0.1) is 0 Å². The number of carboxylic acids is 1. The largest absolute Gasteiger partial charge is 0.481 e. The third kappa shape index (κ3) is 5.55. The van der Waals surface area contributed by atoms with Crippen molar-refractivity contribution in [3.8, 4) is 11.1 Å². The summed E-state index contributed by atoms with van der Waals surface area (Å²) in [5.74, 6) is -0.518. The van der Waals surface area contributed by atoms with Crippen LogP contribution in [0, 0.1) is 0 Å². The molecule has 0 spiro atoms. The van der Waals surface area contributed by atoms with Gasteiger partial charge in [-0.2, -0.15) is 11.8 Å². The van der Waals surface area contributed by atoms with Gasteiger partial charge in [-0.05, 0) is 35.1 Å². The predicted molar refractivity (Wildman–Crippen MR) is 132 cm³/mol. The highest BCUT2D eigenvalue weighted by Gasteiger charge is 2.31. The van der Waals surface area contributed by atoms with Crippen molar-refractivity contribution >= 4 is 29.7 Å². The molecule has 2 amide bonds. The maximum absolute atomic E-state index is 13.1. The predicted octanol–water partition coefficient (Wildman–Crippen LogP) is 4.11. The third-order valence-corrected chi connectivity index (χ3v) is 7.68. The molecule has 0 bridgehead atoms. The number of aliphatic carboxylic acids is 1. The van der Waals surface area contributed by atoms with Gasteiger partial charge in [-0.1, -0.05) is 55.5 Å². The summed E-state index contributed by atoms with van der Waals surface area (Å²) in [6.45, 7) is 3.46. The van der Waals surface area contributed by atoms with E-state index in [0.717, 1.165) is 34.4 Å². The first-order valence-electron chi connectivity index (χ1n) is 11.7. The summed E-state index contributed by atoms with van der Waals surface area (Å²) in [7, 11) is 0. The number of ether oxygens (including phenoxy) is 1. The number of nitrogens with zero attached hydrogens (tertiary/aromatic N) is 1. The van der Waals surface area contributed by atoms with Crippen molar-refractivity contribution in [1.82, 2.24) is 10.2 Å². The molecule has 1 aliphatic carbocycles. The molecule has 2 aromatic rings. The molecule has 2 aromatic carbocycles. The lowest BCUT2D eigenvalue weighted by Crippen LogP contribution is -2.49. The van der Waals surface area contributed by atoms with E-state index in [1.165, 1.54) is 0 Å². The van der Waals surface area contributed by atoms with Crippen molar-refractivity contribution in [2.45, 2.75) is 43.4 Å². The zero-order chi connectivity index (χ0) is 24.1. The van der Waals surface area contributed by atoms with E-state index in [1.807, 2.05) is 48.2 Å². The summed E-state index contributed by atoms with van der Waals surface area (Å²) in [5.41, 5.74) is 4.47. The van der Waals surface area contributed by atoms with E-state index in [9.17, 15) is 14.4 Å². The first-order valence-corrected chi connectivity index (χ1v) is 12.7. The van der Waals surface area contributed by atoms with Crippen LogP contribution in [-0.4, -0.2) is 64.7 Å². The lowest BCUT2D eigenvalue weighted by Gasteiger charge is -2.26. The number of nitrogens with one attached hydrogen (secondary N) is 1. The highest BCUT2D eigenvalue weighted by molar-refractivity contribution is 7.99. The molecule has 1 heterocycles. The lowest BCUT2D eigenvalue weighted by atomic mass is 9.98. The van der Waals surface area contributed by atoms with E-state index in [0.29, 0.717) is 18.3 Å². The van der Waals surface area contributed by atoms with Crippen LogP contribution in [0.1, 0.15) is 43.2 Å². The molecule has 0 saturated carbocycles. The monoisotopic (exact) mass is 482 g/mol. The van der Waals surface area contributed by atoms with Crippen LogP contribution in [0.2, 0.25) is 0 Å². The summed E-state index contributed by atoms with van der Waals surface area (Å²) < 4.78 is 5.58. The molecule has 8 heteroatoms. The van der Waals surface area contributed by atoms with Gasteiger partial charge < -0.3 is 20.1 Å². The Morgan fingerprint density at radius 1 is 1.09 bits per heavy atom. The van der Waals surface area contributed by atoms with Crippen LogP contribution in [0.5, 0.6) is 0 Å². The van der Waals surface area contributed by atoms with Gasteiger partial charge in [-0.25, -0.2) is 4.79 Å². The molecule has 1 fully saturated rings. The fourth-order valence-corrected chi connectivity index (χ4v) is 5.65. The Balaban J connectivity index is 1.42. The van der Waals surface area contributed by atoms with Gasteiger partial charge in [0.25, 0.3) is 0 Å². The van der Waals surface area contributed by atoms with Gasteiger partial charge in [0.2, 0.25) is 5.91 Å². The van der Waals surface area contributed by atoms with Crippen molar-refractivity contribution in [3.63, 3.8) is 0 Å². The van der Waals surface area contributed by atoms with Crippen molar-refractivity contribution in [2.75, 3.05) is 25.4 Å². The number of fused-ring (bicyclic) bond motifs is 3. The summed E-state index contributed by atoms with van der Waals surface area (Å²) in [6, 6.07) is 15.2. The number of benzene rings is 2. The Labute approximate surface area is 203 Å². The number of thioether (sulfide) groups is 1. The average Bonchev–Trinajstić information content (AvgIpc) is 2.98. The number of carbonyl (C=O) groups is 3. The number of hydrogen-bond donors (Lipinski definition) is 2. The number of carbonyl (C=O) groups excluding carboxylic acids is 2. The fourth-order valence-electron chi connectivity index (χ4n) is 4.65. The van der Waals surface area contributed by atoms with Gasteiger partial charge in [-0.15, -0.1) is 0 Å². The highest BCUT2D eigenvalue weighted by atomic mass is 32.2. The van der Waals surface area contributed by atoms with Crippen molar-refractivity contribution in [1.29, 1.82) is 0 Å². The molecular formula is C26H30N2O5S. The molecule has 2 aliphatic rings. The molecule has 1 aliphatic heterocycles. The molecule has 0 radical (unpaired) electrons. The minimum Gasteiger partial charge on any atom is -0.481 e. The molecule has 180 valence electrons. The maximum atomic E-state index is 13.1. The van der Waals surface area contributed by atoms with Crippen molar-refractivity contribution in [3.05, 3.63) is 59.7 Å². The normalized spacial score (nSPS) is 18.4. The summed E-state index contributed by atoms with van der Waals surface area (Å²) >= 11 is 1.81. The Morgan fingerprint density at radius 3 is 2.38 bits per heavy atom. The first-order chi connectivity index (χ1) is 16.4. The van der Waals surface area contributed by atoms with Crippen LogP contribution in [0.25, 0.3) is 11.1 Å². The Kier molecular flexibility index (Phi) is 7.77. The molecule has 2 unspecified atom stereocenters. The van der Waals surface area contributed by atoms with Gasteiger partial charge in [0.1, 0.15) is 12.6 Å². The summed E-state index contributed by atoms with van der Waals surface area (Å²) in [5, 5.41) is 12.2. The van der Waals surface area contributed by atoms with E-state index >= 15 is 0 Å². The van der Waals surface area contributed by atoms with Crippen LogP contribution in [0.15, 0.2) is 48.5 Å². The SMILES string of the molecule is CC1CCN(C(=O)C(CCC(=O)O)NC(=O)OCC2c3ccccc3-c3ccccc32)CCS1. The lowest BCUT2D eigenvalue weighted by molar-refractivity contribution is -0.138. The molecule has 1 saturated heterocycles. The van der Waals surface area contributed by atoms with E-state index < -0.39 is 18.1 Å². The Bertz CT molecular complexity index is 1010. The summed E-state index contributed by atoms with van der Waals surface area (Å²) in [4.78, 5) is 38.8. The minimum atomic E-state index is -1.01. The van der Waals surface area contributed by atoms with Crippen molar-refractivity contribution < 1.29 is 24.2 Å². The van der Waals surface area contributed by atoms with E-state index in [-0.39, 0.29) is 31.3 Å². The van der Waals surface area contributed by atoms with Crippen LogP contribution >= 0.6 is 11.8 Å². The zero-order valence-corrected chi connectivity index (χ0v) is 20.1. The maximum Gasteiger partial charge on any atom is 0.407 e. The second-order valence-corrected chi connectivity index (χ2v) is 10.3. The number of hydrogen-bond acceptors (Lipinski definition) is 5. The highest BCUT2D eigenvalue weighted by Crippen LogP contribution is 2.44. The fraction of sp³-hybridized carbons (Fsp3) is 0.423. The average molecular weight is 483 g/mol. The van der Waals surface area contributed by atoms with Gasteiger partial charge >= 0.3 is 12.1 Å². The van der Waals surface area contributed by atoms with Crippen LogP contribution in [-0.2, 0) is 14.3 Å². The van der Waals surface area contributed by atoms with Crippen LogP contribution in [0.3, 0.4) is 0 Å². The number of amides is 2. The van der Waals surface area contributed by atoms with Gasteiger partial charge in [-0.3, -0.25) is 9.59 Å². The molecule has 4 rings (SSSR count). The van der Waals surface area contributed by atoms with E-state index in [2.05, 4.69) is 24.4 Å². The number of rotatable bonds is 7.